The second kappa shape index (κ2) is 3.58. The summed E-state index contributed by atoms with van der Waals surface area (Å²) < 4.78 is 23.4. The molecule has 13 heavy (non-hydrogen) atoms. The zero-order valence-corrected chi connectivity index (χ0v) is 9.45. The second-order valence-electron chi connectivity index (χ2n) is 4.61. The topological polar surface area (TPSA) is 46.2 Å². The van der Waals surface area contributed by atoms with Crippen LogP contribution in [-0.2, 0) is 9.84 Å². The molecule has 0 aliphatic carbocycles. The van der Waals surface area contributed by atoms with E-state index in [9.17, 15) is 8.42 Å². The van der Waals surface area contributed by atoms with Gasteiger partial charge in [-0.3, -0.25) is 0 Å². The Morgan fingerprint density at radius 1 is 1.15 bits per heavy atom. The standard InChI is InChI=1S/C9H19NO2S/c1-9(2,3)13(11,12)8-4-6-10-7-5-8/h8,10H,4-7H2,1-3H3. The lowest BCUT2D eigenvalue weighted by atomic mass is 10.2. The molecule has 0 spiro atoms. The minimum atomic E-state index is -2.94. The number of hydrogen-bond donors (Lipinski definition) is 1. The predicted molar refractivity (Wildman–Crippen MR) is 54.6 cm³/mol. The van der Waals surface area contributed by atoms with Gasteiger partial charge in [0.15, 0.2) is 9.84 Å². The molecule has 3 nitrogen and oxygen atoms in total. The Labute approximate surface area is 80.8 Å². The van der Waals surface area contributed by atoms with Gasteiger partial charge in [0.25, 0.3) is 0 Å². The smallest absolute Gasteiger partial charge is 0.158 e. The largest absolute Gasteiger partial charge is 0.317 e. The van der Waals surface area contributed by atoms with E-state index in [1.165, 1.54) is 0 Å². The van der Waals surface area contributed by atoms with Gasteiger partial charge in [0.05, 0.1) is 10.00 Å². The molecule has 0 aromatic rings. The first-order valence-electron chi connectivity index (χ1n) is 4.80. The van der Waals surface area contributed by atoms with Crippen LogP contribution >= 0.6 is 0 Å². The van der Waals surface area contributed by atoms with Gasteiger partial charge < -0.3 is 5.32 Å². The van der Waals surface area contributed by atoms with Crippen LogP contribution in [0.25, 0.3) is 0 Å². The Balaban J connectivity index is 2.80. The summed E-state index contributed by atoms with van der Waals surface area (Å²) in [4.78, 5) is 0. The Morgan fingerprint density at radius 2 is 1.62 bits per heavy atom. The van der Waals surface area contributed by atoms with E-state index in [1.54, 1.807) is 20.8 Å². The SMILES string of the molecule is CC(C)(C)S(=O)(=O)C1CCNCC1. The summed E-state index contributed by atoms with van der Waals surface area (Å²) in [6, 6.07) is 0. The van der Waals surface area contributed by atoms with Crippen molar-refractivity contribution in [3.63, 3.8) is 0 Å². The molecule has 1 N–H and O–H groups in total. The zero-order chi connectivity index (χ0) is 10.1. The third-order valence-corrected chi connectivity index (χ3v) is 5.63. The van der Waals surface area contributed by atoms with Crippen LogP contribution in [0.1, 0.15) is 33.6 Å². The Bertz CT molecular complexity index is 258. The molecule has 1 aliphatic rings. The van der Waals surface area contributed by atoms with Crippen molar-refractivity contribution >= 4 is 9.84 Å². The fourth-order valence-corrected chi connectivity index (χ4v) is 3.46. The molecule has 0 radical (unpaired) electrons. The van der Waals surface area contributed by atoms with Gasteiger partial charge in [0.1, 0.15) is 0 Å². The van der Waals surface area contributed by atoms with Crippen molar-refractivity contribution in [1.29, 1.82) is 0 Å². The fourth-order valence-electron chi connectivity index (χ4n) is 1.61. The molecule has 0 bridgehead atoms. The molecule has 1 rings (SSSR count). The zero-order valence-electron chi connectivity index (χ0n) is 8.63. The van der Waals surface area contributed by atoms with Gasteiger partial charge >= 0.3 is 0 Å². The van der Waals surface area contributed by atoms with Crippen molar-refractivity contribution in [3.05, 3.63) is 0 Å². The molecule has 78 valence electrons. The van der Waals surface area contributed by atoms with Gasteiger partial charge in [0, 0.05) is 0 Å². The normalized spacial score (nSPS) is 21.8. The van der Waals surface area contributed by atoms with Crippen molar-refractivity contribution in [3.8, 4) is 0 Å². The first-order chi connectivity index (χ1) is 5.86. The average Bonchev–Trinajstić information content (AvgIpc) is 2.04. The number of sulfone groups is 1. The highest BCUT2D eigenvalue weighted by molar-refractivity contribution is 7.93. The van der Waals surface area contributed by atoms with E-state index in [1.807, 2.05) is 0 Å². The van der Waals surface area contributed by atoms with Crippen LogP contribution in [0.15, 0.2) is 0 Å². The van der Waals surface area contributed by atoms with Crippen LogP contribution in [0.2, 0.25) is 0 Å². The Morgan fingerprint density at radius 3 is 2.00 bits per heavy atom. The molecule has 1 heterocycles. The number of nitrogens with one attached hydrogen (secondary N) is 1. The van der Waals surface area contributed by atoms with Gasteiger partial charge in [-0.15, -0.1) is 0 Å². The highest BCUT2D eigenvalue weighted by Crippen LogP contribution is 2.25. The van der Waals surface area contributed by atoms with Gasteiger partial charge in [-0.05, 0) is 46.7 Å². The first-order valence-corrected chi connectivity index (χ1v) is 6.34. The van der Waals surface area contributed by atoms with Crippen molar-refractivity contribution in [2.45, 2.75) is 43.6 Å². The van der Waals surface area contributed by atoms with Crippen molar-refractivity contribution in [2.75, 3.05) is 13.1 Å². The fraction of sp³-hybridized carbons (Fsp3) is 1.00. The monoisotopic (exact) mass is 205 g/mol. The maximum Gasteiger partial charge on any atom is 0.158 e. The summed E-state index contributed by atoms with van der Waals surface area (Å²) in [5, 5.41) is 3.04. The van der Waals surface area contributed by atoms with E-state index in [0.29, 0.717) is 0 Å². The summed E-state index contributed by atoms with van der Waals surface area (Å²) in [6.45, 7) is 7.01. The summed E-state index contributed by atoms with van der Waals surface area (Å²) in [5.41, 5.74) is 0. The van der Waals surface area contributed by atoms with E-state index in [4.69, 9.17) is 0 Å². The van der Waals surface area contributed by atoms with Crippen molar-refractivity contribution in [2.24, 2.45) is 0 Å². The average molecular weight is 205 g/mol. The predicted octanol–water partition coefficient (Wildman–Crippen LogP) is 0.952. The second-order valence-corrected chi connectivity index (χ2v) is 7.59. The van der Waals surface area contributed by atoms with Gasteiger partial charge in [-0.2, -0.15) is 0 Å². The summed E-state index contributed by atoms with van der Waals surface area (Å²) in [5.74, 6) is 0. The van der Waals surface area contributed by atoms with E-state index < -0.39 is 14.6 Å². The molecule has 4 heteroatoms. The van der Waals surface area contributed by atoms with E-state index in [2.05, 4.69) is 5.32 Å². The van der Waals surface area contributed by atoms with Crippen LogP contribution in [0.3, 0.4) is 0 Å². The lowest BCUT2D eigenvalue weighted by Crippen LogP contribution is -2.43. The molecule has 0 saturated carbocycles. The molecule has 0 aromatic carbocycles. The maximum absolute atomic E-state index is 12.0. The highest BCUT2D eigenvalue weighted by Gasteiger charge is 2.37. The molecule has 0 unspecified atom stereocenters. The Kier molecular flexibility index (Phi) is 3.02. The van der Waals surface area contributed by atoms with Crippen LogP contribution in [0.5, 0.6) is 0 Å². The molecule has 1 saturated heterocycles. The molecular weight excluding hydrogens is 186 g/mol. The van der Waals surface area contributed by atoms with Crippen LogP contribution < -0.4 is 5.32 Å². The summed E-state index contributed by atoms with van der Waals surface area (Å²) >= 11 is 0. The minimum Gasteiger partial charge on any atom is -0.317 e. The third-order valence-electron chi connectivity index (χ3n) is 2.58. The van der Waals surface area contributed by atoms with Crippen molar-refractivity contribution < 1.29 is 8.42 Å². The van der Waals surface area contributed by atoms with E-state index >= 15 is 0 Å². The minimum absolute atomic E-state index is 0.131. The van der Waals surface area contributed by atoms with E-state index in [-0.39, 0.29) is 5.25 Å². The van der Waals surface area contributed by atoms with Gasteiger partial charge in [-0.1, -0.05) is 0 Å². The van der Waals surface area contributed by atoms with E-state index in [0.717, 1.165) is 25.9 Å². The molecule has 0 atom stereocenters. The molecule has 1 fully saturated rings. The van der Waals surface area contributed by atoms with Crippen LogP contribution in [0.4, 0.5) is 0 Å². The van der Waals surface area contributed by atoms with Crippen molar-refractivity contribution in [1.82, 2.24) is 5.32 Å². The lowest BCUT2D eigenvalue weighted by molar-refractivity contribution is 0.480. The van der Waals surface area contributed by atoms with Crippen LogP contribution in [-0.4, -0.2) is 31.5 Å². The number of piperidine rings is 1. The third kappa shape index (κ3) is 2.23. The van der Waals surface area contributed by atoms with Gasteiger partial charge in [0.2, 0.25) is 0 Å². The summed E-state index contributed by atoms with van der Waals surface area (Å²) in [7, 11) is -2.94. The molecule has 0 amide bonds. The lowest BCUT2D eigenvalue weighted by Gasteiger charge is -2.29. The summed E-state index contributed by atoms with van der Waals surface area (Å²) in [6.07, 6.45) is 1.53. The van der Waals surface area contributed by atoms with Crippen LogP contribution in [0, 0.1) is 0 Å². The maximum atomic E-state index is 12.0. The number of rotatable bonds is 1. The first kappa shape index (κ1) is 11.0. The molecule has 0 aromatic heterocycles. The molecular formula is C9H19NO2S. The Hall–Kier alpha value is -0.0900. The quantitative estimate of drug-likeness (QED) is 0.693. The van der Waals surface area contributed by atoms with Gasteiger partial charge in [-0.25, -0.2) is 8.42 Å². The number of hydrogen-bond acceptors (Lipinski definition) is 3. The highest BCUT2D eigenvalue weighted by atomic mass is 32.2. The molecule has 1 aliphatic heterocycles.